The van der Waals surface area contributed by atoms with Gasteiger partial charge >= 0.3 is 5.97 Å². The van der Waals surface area contributed by atoms with Gasteiger partial charge in [-0.25, -0.2) is 13.2 Å². The number of methoxy groups -OCH3 is 1. The zero-order chi connectivity index (χ0) is 21.8. The molecular formula is C22H27NO5S. The Kier molecular flexibility index (Phi) is 7.19. The number of rotatable bonds is 8. The summed E-state index contributed by atoms with van der Waals surface area (Å²) < 4.78 is 33.0. The third kappa shape index (κ3) is 5.03. The molecule has 0 amide bonds. The first kappa shape index (κ1) is 22.6. The molecule has 0 N–H and O–H groups in total. The number of anilines is 1. The lowest BCUT2D eigenvalue weighted by Crippen LogP contribution is -2.34. The maximum Gasteiger partial charge on any atom is 0.338 e. The summed E-state index contributed by atoms with van der Waals surface area (Å²) in [5.41, 5.74) is 1.71. The van der Waals surface area contributed by atoms with Crippen LogP contribution in [0.4, 0.5) is 5.69 Å². The van der Waals surface area contributed by atoms with E-state index in [-0.39, 0.29) is 34.3 Å². The number of hydrogen-bond acceptors (Lipinski definition) is 5. The SMILES string of the molecule is CCc1ccc(N(CC(C)C)S(=O)(=O)c2ccc(C(C)=O)c(C(=O)OC)c2)cc1. The second-order valence-electron chi connectivity index (χ2n) is 7.21. The zero-order valence-corrected chi connectivity index (χ0v) is 18.2. The number of aryl methyl sites for hydroxylation is 1. The van der Waals surface area contributed by atoms with Crippen LogP contribution in [0.3, 0.4) is 0 Å². The van der Waals surface area contributed by atoms with Crippen molar-refractivity contribution in [3.8, 4) is 0 Å². The van der Waals surface area contributed by atoms with Crippen LogP contribution in [-0.4, -0.2) is 33.8 Å². The van der Waals surface area contributed by atoms with E-state index in [1.807, 2.05) is 32.9 Å². The number of Topliss-reactive ketones (excluding diaryl/α,β-unsaturated/α-hetero) is 1. The van der Waals surface area contributed by atoms with Gasteiger partial charge in [-0.1, -0.05) is 32.9 Å². The Morgan fingerprint density at radius 1 is 1.03 bits per heavy atom. The van der Waals surface area contributed by atoms with Crippen molar-refractivity contribution in [2.75, 3.05) is 18.0 Å². The molecule has 0 radical (unpaired) electrons. The van der Waals surface area contributed by atoms with Crippen molar-refractivity contribution in [1.29, 1.82) is 0 Å². The molecule has 2 aromatic carbocycles. The molecule has 156 valence electrons. The molecule has 0 saturated heterocycles. The Labute approximate surface area is 172 Å². The largest absolute Gasteiger partial charge is 0.465 e. The van der Waals surface area contributed by atoms with Crippen LogP contribution < -0.4 is 4.31 Å². The number of hydrogen-bond donors (Lipinski definition) is 0. The number of benzene rings is 2. The van der Waals surface area contributed by atoms with Crippen LogP contribution in [0.5, 0.6) is 0 Å². The standard InChI is InChI=1S/C22H27NO5S/c1-6-17-7-9-18(10-8-17)23(14-15(2)3)29(26,27)19-11-12-20(16(4)24)21(13-19)22(25)28-5/h7-13,15H,6,14H2,1-5H3. The van der Waals surface area contributed by atoms with Crippen LogP contribution >= 0.6 is 0 Å². The van der Waals surface area contributed by atoms with Gasteiger partial charge in [0.1, 0.15) is 0 Å². The molecule has 0 aliphatic carbocycles. The number of carbonyl (C=O) groups excluding carboxylic acids is 2. The lowest BCUT2D eigenvalue weighted by Gasteiger charge is -2.26. The van der Waals surface area contributed by atoms with E-state index in [2.05, 4.69) is 0 Å². The fourth-order valence-electron chi connectivity index (χ4n) is 2.97. The Morgan fingerprint density at radius 2 is 1.66 bits per heavy atom. The molecule has 0 saturated carbocycles. The van der Waals surface area contributed by atoms with Gasteiger partial charge in [-0.3, -0.25) is 9.10 Å². The van der Waals surface area contributed by atoms with Crippen molar-refractivity contribution in [2.45, 2.75) is 39.0 Å². The summed E-state index contributed by atoms with van der Waals surface area (Å²) in [6, 6.07) is 11.3. The highest BCUT2D eigenvalue weighted by atomic mass is 32.2. The smallest absolute Gasteiger partial charge is 0.338 e. The Balaban J connectivity index is 2.61. The van der Waals surface area contributed by atoms with E-state index >= 15 is 0 Å². The summed E-state index contributed by atoms with van der Waals surface area (Å²) in [4.78, 5) is 23.9. The molecule has 7 heteroatoms. The van der Waals surface area contributed by atoms with Gasteiger partial charge < -0.3 is 4.74 Å². The summed E-state index contributed by atoms with van der Waals surface area (Å²) in [5, 5.41) is 0. The molecule has 2 rings (SSSR count). The minimum Gasteiger partial charge on any atom is -0.465 e. The monoisotopic (exact) mass is 417 g/mol. The summed E-state index contributed by atoms with van der Waals surface area (Å²) in [6.07, 6.45) is 0.853. The van der Waals surface area contributed by atoms with Gasteiger partial charge in [0, 0.05) is 12.1 Å². The molecule has 0 aromatic heterocycles. The van der Waals surface area contributed by atoms with Gasteiger partial charge in [-0.2, -0.15) is 0 Å². The normalized spacial score (nSPS) is 11.4. The minimum atomic E-state index is -3.96. The van der Waals surface area contributed by atoms with Crippen molar-refractivity contribution in [1.82, 2.24) is 0 Å². The highest BCUT2D eigenvalue weighted by Crippen LogP contribution is 2.27. The van der Waals surface area contributed by atoms with E-state index in [0.717, 1.165) is 12.0 Å². The summed E-state index contributed by atoms with van der Waals surface area (Å²) >= 11 is 0. The minimum absolute atomic E-state index is 0.0631. The summed E-state index contributed by atoms with van der Waals surface area (Å²) in [7, 11) is -2.77. The molecule has 29 heavy (non-hydrogen) atoms. The quantitative estimate of drug-likeness (QED) is 0.477. The molecule has 2 aromatic rings. The molecule has 6 nitrogen and oxygen atoms in total. The first-order chi connectivity index (χ1) is 13.6. The molecule has 0 bridgehead atoms. The average molecular weight is 418 g/mol. The van der Waals surface area contributed by atoms with Crippen molar-refractivity contribution in [3.63, 3.8) is 0 Å². The van der Waals surface area contributed by atoms with Gasteiger partial charge in [0.25, 0.3) is 10.0 Å². The third-order valence-corrected chi connectivity index (χ3v) is 6.32. The predicted octanol–water partition coefficient (Wildman–Crippen LogP) is 4.09. The average Bonchev–Trinajstić information content (AvgIpc) is 2.70. The van der Waals surface area contributed by atoms with Gasteiger partial charge in [0.2, 0.25) is 0 Å². The number of sulfonamides is 1. The molecule has 0 spiro atoms. The first-order valence-corrected chi connectivity index (χ1v) is 10.9. The summed E-state index contributed by atoms with van der Waals surface area (Å²) in [5.74, 6) is -1.02. The lowest BCUT2D eigenvalue weighted by molar-refractivity contribution is 0.0597. The van der Waals surface area contributed by atoms with E-state index in [9.17, 15) is 18.0 Å². The number of esters is 1. The van der Waals surface area contributed by atoms with Crippen LogP contribution in [0.2, 0.25) is 0 Å². The second-order valence-corrected chi connectivity index (χ2v) is 9.07. The molecule has 0 heterocycles. The van der Waals surface area contributed by atoms with Crippen LogP contribution in [0.25, 0.3) is 0 Å². The predicted molar refractivity (Wildman–Crippen MR) is 113 cm³/mol. The molecular weight excluding hydrogens is 390 g/mol. The van der Waals surface area contributed by atoms with E-state index in [1.54, 1.807) is 12.1 Å². The van der Waals surface area contributed by atoms with Crippen molar-refractivity contribution < 1.29 is 22.7 Å². The lowest BCUT2D eigenvalue weighted by atomic mass is 10.0. The first-order valence-electron chi connectivity index (χ1n) is 9.46. The van der Waals surface area contributed by atoms with Crippen LogP contribution in [0, 0.1) is 5.92 Å². The van der Waals surface area contributed by atoms with Crippen molar-refractivity contribution in [3.05, 3.63) is 59.2 Å². The van der Waals surface area contributed by atoms with E-state index in [1.165, 1.54) is 36.5 Å². The van der Waals surface area contributed by atoms with Crippen molar-refractivity contribution >= 4 is 27.5 Å². The molecule has 0 aliphatic heterocycles. The summed E-state index contributed by atoms with van der Waals surface area (Å²) in [6.45, 7) is 7.48. The third-order valence-electron chi connectivity index (χ3n) is 4.53. The highest BCUT2D eigenvalue weighted by molar-refractivity contribution is 7.92. The van der Waals surface area contributed by atoms with Gasteiger partial charge in [0.05, 0.1) is 23.3 Å². The highest BCUT2D eigenvalue weighted by Gasteiger charge is 2.28. The molecule has 0 aliphatic rings. The fourth-order valence-corrected chi connectivity index (χ4v) is 4.62. The van der Waals surface area contributed by atoms with Crippen LogP contribution in [0.15, 0.2) is 47.4 Å². The molecule has 0 unspecified atom stereocenters. The maximum absolute atomic E-state index is 13.5. The van der Waals surface area contributed by atoms with E-state index in [4.69, 9.17) is 4.74 Å². The maximum atomic E-state index is 13.5. The number of nitrogens with zero attached hydrogens (tertiary/aromatic N) is 1. The zero-order valence-electron chi connectivity index (χ0n) is 17.4. The Morgan fingerprint density at radius 3 is 2.14 bits per heavy atom. The second kappa shape index (κ2) is 9.22. The van der Waals surface area contributed by atoms with Gasteiger partial charge in [0.15, 0.2) is 5.78 Å². The fraction of sp³-hybridized carbons (Fsp3) is 0.364. The topological polar surface area (TPSA) is 80.8 Å². The molecule has 0 fully saturated rings. The van der Waals surface area contributed by atoms with Crippen LogP contribution in [-0.2, 0) is 21.2 Å². The number of ketones is 1. The van der Waals surface area contributed by atoms with E-state index < -0.39 is 16.0 Å². The van der Waals surface area contributed by atoms with Gasteiger partial charge in [-0.15, -0.1) is 0 Å². The Hall–Kier alpha value is -2.67. The number of ether oxygens (including phenoxy) is 1. The van der Waals surface area contributed by atoms with E-state index in [0.29, 0.717) is 5.69 Å². The number of carbonyl (C=O) groups is 2. The van der Waals surface area contributed by atoms with Crippen molar-refractivity contribution in [2.24, 2.45) is 5.92 Å². The van der Waals surface area contributed by atoms with Crippen LogP contribution in [0.1, 0.15) is 54.0 Å². The molecule has 0 atom stereocenters. The van der Waals surface area contributed by atoms with Gasteiger partial charge in [-0.05, 0) is 55.2 Å². The Bertz CT molecular complexity index is 994.